The van der Waals surface area contributed by atoms with Crippen molar-refractivity contribution in [1.29, 1.82) is 0 Å². The summed E-state index contributed by atoms with van der Waals surface area (Å²) in [5.74, 6) is -1.42. The summed E-state index contributed by atoms with van der Waals surface area (Å²) in [6.07, 6.45) is 6.05. The van der Waals surface area contributed by atoms with Gasteiger partial charge in [-0.3, -0.25) is 24.0 Å². The number of nitrogens with zero attached hydrogens (tertiary/aromatic N) is 1. The molecule has 4 unspecified atom stereocenters. The van der Waals surface area contributed by atoms with Gasteiger partial charge in [0.1, 0.15) is 0 Å². The molecule has 0 aliphatic carbocycles. The van der Waals surface area contributed by atoms with Crippen LogP contribution < -0.4 is 54.0 Å². The minimum Gasteiger partial charge on any atom is -0.355 e. The Labute approximate surface area is 339 Å². The number of nitrogens with two attached hydrogens (primary N) is 2. The molecule has 12 N–H and O–H groups in total. The van der Waals surface area contributed by atoms with Gasteiger partial charge in [-0.2, -0.15) is 0 Å². The first kappa shape index (κ1) is 53.1. The summed E-state index contributed by atoms with van der Waals surface area (Å²) in [6, 6.07) is 0. The molecule has 0 spiro atoms. The number of rotatable bonds is 37. The zero-order valence-corrected chi connectivity index (χ0v) is 36.0. The van der Waals surface area contributed by atoms with Crippen molar-refractivity contribution in [2.24, 2.45) is 41.1 Å². The fraction of sp³-hybridized carbons (Fsp3) is 0.875. The Morgan fingerprint density at radius 2 is 0.821 bits per heavy atom. The van der Waals surface area contributed by atoms with E-state index in [-0.39, 0.29) is 41.4 Å². The average Bonchev–Trinajstić information content (AvgIpc) is 3.20. The molecule has 0 rings (SSSR count). The van der Waals surface area contributed by atoms with E-state index in [1.54, 1.807) is 0 Å². The van der Waals surface area contributed by atoms with Gasteiger partial charge in [-0.15, -0.1) is 0 Å². The molecule has 0 aliphatic heterocycles. The van der Waals surface area contributed by atoms with Gasteiger partial charge in [-0.05, 0) is 51.4 Å². The molecule has 16 heteroatoms. The third kappa shape index (κ3) is 24.0. The van der Waals surface area contributed by atoms with Gasteiger partial charge >= 0.3 is 0 Å². The van der Waals surface area contributed by atoms with Crippen molar-refractivity contribution >= 4 is 29.5 Å². The van der Waals surface area contributed by atoms with Crippen LogP contribution in [0.15, 0.2) is 0 Å². The molecule has 16 nitrogen and oxygen atoms in total. The van der Waals surface area contributed by atoms with Gasteiger partial charge in [0.25, 0.3) is 0 Å². The molecule has 0 aliphatic rings. The highest BCUT2D eigenvalue weighted by atomic mass is 16.2. The molecule has 0 saturated heterocycles. The summed E-state index contributed by atoms with van der Waals surface area (Å²) in [4.78, 5) is 67.4. The van der Waals surface area contributed by atoms with Gasteiger partial charge in [0.05, 0.1) is 0 Å². The summed E-state index contributed by atoms with van der Waals surface area (Å²) >= 11 is 0. The van der Waals surface area contributed by atoms with E-state index in [0.29, 0.717) is 124 Å². The molecule has 5 amide bonds. The molecule has 0 fully saturated rings. The number of hydrogen-bond acceptors (Lipinski definition) is 11. The van der Waals surface area contributed by atoms with Gasteiger partial charge in [0.15, 0.2) is 0 Å². The third-order valence-corrected chi connectivity index (χ3v) is 10.4. The normalized spacial score (nSPS) is 13.4. The molecule has 0 saturated carbocycles. The quantitative estimate of drug-likeness (QED) is 0.0302. The lowest BCUT2D eigenvalue weighted by molar-refractivity contribution is -0.136. The molecule has 328 valence electrons. The van der Waals surface area contributed by atoms with Gasteiger partial charge in [-0.25, -0.2) is 0 Å². The van der Waals surface area contributed by atoms with Gasteiger partial charge in [0.2, 0.25) is 29.5 Å². The predicted molar refractivity (Wildman–Crippen MR) is 226 cm³/mol. The second-order valence-corrected chi connectivity index (χ2v) is 14.5. The van der Waals surface area contributed by atoms with E-state index < -0.39 is 17.8 Å². The maximum atomic E-state index is 13.5. The van der Waals surface area contributed by atoms with Gasteiger partial charge in [0, 0.05) is 128 Å². The van der Waals surface area contributed by atoms with Gasteiger partial charge in [-0.1, -0.05) is 48.0 Å². The summed E-state index contributed by atoms with van der Waals surface area (Å²) in [6.45, 7) is 20.0. The standard InChI is InChI=1S/C40H83N11O5/c1-7-13-32(10-4)40(56)51(27-25-46-30-42)26-24-45-19-23-49-38(54)34(12-6)29-35(39(55)50-20-16-43-15-14-41)28-33(11-5)37(53)48-22-18-44-17-21-47-36(52)31(8-2)9-3/h31-35,43-46H,7-30,41-42H2,1-6H3,(H,47,52)(H,48,53)(H,49,54)(H,50,55). The molecular weight excluding hydrogens is 715 g/mol. The van der Waals surface area contributed by atoms with Crippen molar-refractivity contribution in [3.05, 3.63) is 0 Å². The van der Waals surface area contributed by atoms with Crippen molar-refractivity contribution in [2.45, 2.75) is 99.3 Å². The highest BCUT2D eigenvalue weighted by molar-refractivity contribution is 5.84. The Hall–Kier alpha value is -2.89. The van der Waals surface area contributed by atoms with Crippen molar-refractivity contribution in [2.75, 3.05) is 98.3 Å². The Morgan fingerprint density at radius 3 is 1.21 bits per heavy atom. The van der Waals surface area contributed by atoms with Crippen LogP contribution in [0, 0.1) is 29.6 Å². The van der Waals surface area contributed by atoms with E-state index in [1.165, 1.54) is 0 Å². The highest BCUT2D eigenvalue weighted by Crippen LogP contribution is 2.25. The van der Waals surface area contributed by atoms with Crippen molar-refractivity contribution in [3.8, 4) is 0 Å². The van der Waals surface area contributed by atoms with Crippen LogP contribution in [0.1, 0.15) is 99.3 Å². The zero-order valence-electron chi connectivity index (χ0n) is 36.0. The summed E-state index contributed by atoms with van der Waals surface area (Å²) in [7, 11) is 0. The monoisotopic (exact) mass is 798 g/mol. The van der Waals surface area contributed by atoms with Crippen molar-refractivity contribution in [1.82, 2.24) is 47.4 Å². The SMILES string of the molecule is CCCC(CC)C(=O)N(CCNCN)CCNCCNC(=O)C(CC)CC(CC(CC)C(=O)NCCNCCNC(=O)C(CC)CC)C(=O)NCCNCCN. The van der Waals surface area contributed by atoms with Crippen LogP contribution >= 0.6 is 0 Å². The molecule has 0 aromatic carbocycles. The smallest absolute Gasteiger partial charge is 0.225 e. The molecule has 56 heavy (non-hydrogen) atoms. The largest absolute Gasteiger partial charge is 0.355 e. The fourth-order valence-electron chi connectivity index (χ4n) is 6.70. The maximum Gasteiger partial charge on any atom is 0.225 e. The van der Waals surface area contributed by atoms with E-state index in [2.05, 4.69) is 56.4 Å². The lowest BCUT2D eigenvalue weighted by Crippen LogP contribution is -2.45. The Kier molecular flexibility index (Phi) is 33.5. The van der Waals surface area contributed by atoms with E-state index in [1.807, 2.05) is 32.6 Å². The summed E-state index contributed by atoms with van der Waals surface area (Å²) in [5, 5.41) is 24.8. The summed E-state index contributed by atoms with van der Waals surface area (Å²) in [5.41, 5.74) is 11.2. The Morgan fingerprint density at radius 1 is 0.446 bits per heavy atom. The number of carbonyl (C=O) groups excluding carboxylic acids is 5. The Bertz CT molecular complexity index is 1050. The van der Waals surface area contributed by atoms with Crippen LogP contribution in [0.2, 0.25) is 0 Å². The topological polar surface area (TPSA) is 237 Å². The van der Waals surface area contributed by atoms with Crippen LogP contribution in [0.3, 0.4) is 0 Å². The number of nitrogens with one attached hydrogen (secondary N) is 8. The fourth-order valence-corrected chi connectivity index (χ4v) is 6.70. The van der Waals surface area contributed by atoms with Crippen LogP contribution in [0.5, 0.6) is 0 Å². The first-order valence-corrected chi connectivity index (χ1v) is 21.7. The van der Waals surface area contributed by atoms with Gasteiger partial charge < -0.3 is 58.9 Å². The number of carbonyl (C=O) groups is 5. The molecule has 4 atom stereocenters. The number of hydrogen-bond donors (Lipinski definition) is 10. The van der Waals surface area contributed by atoms with Crippen molar-refractivity contribution < 1.29 is 24.0 Å². The zero-order chi connectivity index (χ0) is 42.0. The van der Waals surface area contributed by atoms with E-state index >= 15 is 0 Å². The van der Waals surface area contributed by atoms with E-state index in [9.17, 15) is 24.0 Å². The summed E-state index contributed by atoms with van der Waals surface area (Å²) < 4.78 is 0. The second-order valence-electron chi connectivity index (χ2n) is 14.5. The predicted octanol–water partition coefficient (Wildman–Crippen LogP) is 0.224. The highest BCUT2D eigenvalue weighted by Gasteiger charge is 2.30. The first-order valence-electron chi connectivity index (χ1n) is 21.7. The minimum absolute atomic E-state index is 0.0165. The molecule has 0 radical (unpaired) electrons. The number of amides is 5. The molecular formula is C40H83N11O5. The molecule has 0 heterocycles. The third-order valence-electron chi connectivity index (χ3n) is 10.4. The second kappa shape index (κ2) is 35.3. The first-order chi connectivity index (χ1) is 27.1. The van der Waals surface area contributed by atoms with Crippen LogP contribution in [0.4, 0.5) is 0 Å². The average molecular weight is 798 g/mol. The van der Waals surface area contributed by atoms with E-state index in [0.717, 1.165) is 32.1 Å². The molecule has 0 bridgehead atoms. The van der Waals surface area contributed by atoms with Crippen LogP contribution in [0.25, 0.3) is 0 Å². The van der Waals surface area contributed by atoms with E-state index in [4.69, 9.17) is 11.5 Å². The Balaban J connectivity index is 5.18. The maximum absolute atomic E-state index is 13.5. The van der Waals surface area contributed by atoms with Crippen molar-refractivity contribution in [3.63, 3.8) is 0 Å². The molecule has 0 aromatic rings. The van der Waals surface area contributed by atoms with Crippen LogP contribution in [-0.4, -0.2) is 133 Å². The van der Waals surface area contributed by atoms with Crippen LogP contribution in [-0.2, 0) is 24.0 Å². The minimum atomic E-state index is -0.525. The lowest BCUT2D eigenvalue weighted by atomic mass is 9.83. The lowest BCUT2D eigenvalue weighted by Gasteiger charge is -2.27. The molecule has 0 aromatic heterocycles.